The van der Waals surface area contributed by atoms with E-state index >= 15 is 0 Å². The third-order valence-electron chi connectivity index (χ3n) is 3.31. The van der Waals surface area contributed by atoms with Crippen LogP contribution in [0.1, 0.15) is 39.5 Å². The van der Waals surface area contributed by atoms with Gasteiger partial charge in [0.15, 0.2) is 0 Å². The fourth-order valence-electron chi connectivity index (χ4n) is 2.00. The predicted octanol–water partition coefficient (Wildman–Crippen LogP) is 2.66. The standard InChI is InChI=1S/C12H22ClNO/c1-10(13)8-14-9-12(15)6-4-11(2,3)5-7-12/h14-15H,1,4-9H2,2-3H3. The Morgan fingerprint density at radius 3 is 2.33 bits per heavy atom. The van der Waals surface area contributed by atoms with Crippen LogP contribution in [0.3, 0.4) is 0 Å². The lowest BCUT2D eigenvalue weighted by Crippen LogP contribution is -2.45. The fraction of sp³-hybridized carbons (Fsp3) is 0.833. The highest BCUT2D eigenvalue weighted by Gasteiger charge is 2.36. The summed E-state index contributed by atoms with van der Waals surface area (Å²) in [7, 11) is 0. The van der Waals surface area contributed by atoms with E-state index < -0.39 is 5.60 Å². The maximum Gasteiger partial charge on any atom is 0.0772 e. The fourth-order valence-corrected chi connectivity index (χ4v) is 2.09. The molecule has 0 spiro atoms. The van der Waals surface area contributed by atoms with E-state index in [4.69, 9.17) is 11.6 Å². The van der Waals surface area contributed by atoms with Gasteiger partial charge in [-0.15, -0.1) is 0 Å². The first kappa shape index (κ1) is 13.0. The Hall–Kier alpha value is -0.0500. The number of aliphatic hydroxyl groups is 1. The van der Waals surface area contributed by atoms with Crippen molar-refractivity contribution in [2.24, 2.45) is 5.41 Å². The van der Waals surface area contributed by atoms with Gasteiger partial charge < -0.3 is 10.4 Å². The second kappa shape index (κ2) is 4.86. The molecular formula is C12H22ClNO. The third-order valence-corrected chi connectivity index (χ3v) is 3.44. The number of rotatable bonds is 4. The summed E-state index contributed by atoms with van der Waals surface area (Å²) in [6.07, 6.45) is 3.93. The zero-order chi connectivity index (χ0) is 11.5. The molecule has 1 rings (SSSR count). The first-order valence-corrected chi connectivity index (χ1v) is 5.97. The van der Waals surface area contributed by atoms with E-state index in [0.29, 0.717) is 23.5 Å². The molecule has 1 aliphatic rings. The van der Waals surface area contributed by atoms with Crippen LogP contribution < -0.4 is 5.32 Å². The number of hydrogen-bond acceptors (Lipinski definition) is 2. The van der Waals surface area contributed by atoms with Crippen LogP contribution >= 0.6 is 11.6 Å². The molecule has 2 N–H and O–H groups in total. The minimum atomic E-state index is -0.540. The molecule has 1 aliphatic carbocycles. The van der Waals surface area contributed by atoms with E-state index in [0.717, 1.165) is 25.7 Å². The van der Waals surface area contributed by atoms with Crippen molar-refractivity contribution in [3.63, 3.8) is 0 Å². The van der Waals surface area contributed by atoms with Gasteiger partial charge in [-0.25, -0.2) is 0 Å². The van der Waals surface area contributed by atoms with Crippen molar-refractivity contribution in [1.82, 2.24) is 5.32 Å². The molecule has 0 aromatic heterocycles. The van der Waals surface area contributed by atoms with Gasteiger partial charge in [0, 0.05) is 18.1 Å². The Labute approximate surface area is 97.7 Å². The molecule has 1 fully saturated rings. The minimum Gasteiger partial charge on any atom is -0.389 e. The van der Waals surface area contributed by atoms with Gasteiger partial charge in [0.05, 0.1) is 5.60 Å². The number of halogens is 1. The highest BCUT2D eigenvalue weighted by Crippen LogP contribution is 2.39. The molecule has 1 saturated carbocycles. The van der Waals surface area contributed by atoms with Crippen LogP contribution in [0.4, 0.5) is 0 Å². The molecule has 0 saturated heterocycles. The molecule has 0 aliphatic heterocycles. The van der Waals surface area contributed by atoms with E-state index in [1.54, 1.807) is 0 Å². The predicted molar refractivity (Wildman–Crippen MR) is 65.1 cm³/mol. The summed E-state index contributed by atoms with van der Waals surface area (Å²) in [6.45, 7) is 9.33. The molecule has 15 heavy (non-hydrogen) atoms. The average Bonchev–Trinajstić information content (AvgIpc) is 2.11. The first-order valence-electron chi connectivity index (χ1n) is 5.59. The highest BCUT2D eigenvalue weighted by molar-refractivity contribution is 6.29. The molecule has 2 nitrogen and oxygen atoms in total. The molecule has 0 atom stereocenters. The van der Waals surface area contributed by atoms with Crippen molar-refractivity contribution in [3.05, 3.63) is 11.6 Å². The molecule has 0 aromatic rings. The Balaban J connectivity index is 2.32. The largest absolute Gasteiger partial charge is 0.389 e. The van der Waals surface area contributed by atoms with E-state index in [9.17, 15) is 5.11 Å². The topological polar surface area (TPSA) is 32.3 Å². The smallest absolute Gasteiger partial charge is 0.0772 e. The number of hydrogen-bond donors (Lipinski definition) is 2. The summed E-state index contributed by atoms with van der Waals surface area (Å²) in [5.41, 5.74) is -0.149. The maximum absolute atomic E-state index is 10.3. The van der Waals surface area contributed by atoms with Gasteiger partial charge in [-0.2, -0.15) is 0 Å². The maximum atomic E-state index is 10.3. The van der Waals surface area contributed by atoms with Crippen LogP contribution in [-0.4, -0.2) is 23.8 Å². The summed E-state index contributed by atoms with van der Waals surface area (Å²) < 4.78 is 0. The van der Waals surface area contributed by atoms with Crippen molar-refractivity contribution in [2.45, 2.75) is 45.1 Å². The third kappa shape index (κ3) is 4.54. The lowest BCUT2D eigenvalue weighted by atomic mass is 9.71. The summed E-state index contributed by atoms with van der Waals surface area (Å²) in [5, 5.41) is 14.0. The molecule has 0 unspecified atom stereocenters. The van der Waals surface area contributed by atoms with E-state index in [-0.39, 0.29) is 0 Å². The SMILES string of the molecule is C=C(Cl)CNCC1(O)CCC(C)(C)CC1. The van der Waals surface area contributed by atoms with Crippen molar-refractivity contribution in [2.75, 3.05) is 13.1 Å². The van der Waals surface area contributed by atoms with E-state index in [2.05, 4.69) is 25.7 Å². The minimum absolute atomic E-state index is 0.391. The van der Waals surface area contributed by atoms with Gasteiger partial charge in [-0.05, 0) is 31.1 Å². The summed E-state index contributed by atoms with van der Waals surface area (Å²) in [4.78, 5) is 0. The summed E-state index contributed by atoms with van der Waals surface area (Å²) in [6, 6.07) is 0. The van der Waals surface area contributed by atoms with Gasteiger partial charge >= 0.3 is 0 Å². The lowest BCUT2D eigenvalue weighted by Gasteiger charge is -2.40. The van der Waals surface area contributed by atoms with Gasteiger partial charge in [-0.3, -0.25) is 0 Å². The van der Waals surface area contributed by atoms with Gasteiger partial charge in [0.2, 0.25) is 0 Å². The Kier molecular flexibility index (Phi) is 4.21. The van der Waals surface area contributed by atoms with E-state index in [1.165, 1.54) is 0 Å². The Morgan fingerprint density at radius 2 is 1.87 bits per heavy atom. The van der Waals surface area contributed by atoms with Gasteiger partial charge in [-0.1, -0.05) is 32.0 Å². The molecule has 0 radical (unpaired) electrons. The first-order chi connectivity index (χ1) is 6.83. The van der Waals surface area contributed by atoms with Crippen LogP contribution in [0.5, 0.6) is 0 Å². The summed E-state index contributed by atoms with van der Waals surface area (Å²) in [5.74, 6) is 0. The molecule has 0 bridgehead atoms. The molecule has 0 aromatic carbocycles. The Bertz CT molecular complexity index is 228. The van der Waals surface area contributed by atoms with Crippen LogP contribution in [0.2, 0.25) is 0 Å². The molecular weight excluding hydrogens is 210 g/mol. The number of nitrogens with one attached hydrogen (secondary N) is 1. The Morgan fingerprint density at radius 1 is 1.33 bits per heavy atom. The molecule has 0 amide bonds. The molecule has 3 heteroatoms. The van der Waals surface area contributed by atoms with Crippen molar-refractivity contribution < 1.29 is 5.11 Å². The monoisotopic (exact) mass is 231 g/mol. The van der Waals surface area contributed by atoms with Crippen LogP contribution in [-0.2, 0) is 0 Å². The van der Waals surface area contributed by atoms with Crippen molar-refractivity contribution >= 4 is 11.6 Å². The zero-order valence-electron chi connectivity index (χ0n) is 9.77. The average molecular weight is 232 g/mol. The summed E-state index contributed by atoms with van der Waals surface area (Å²) >= 11 is 5.65. The zero-order valence-corrected chi connectivity index (χ0v) is 10.5. The second-order valence-corrected chi connectivity index (χ2v) is 6.04. The normalized spacial score (nSPS) is 23.7. The van der Waals surface area contributed by atoms with Crippen LogP contribution in [0.15, 0.2) is 11.6 Å². The quantitative estimate of drug-likeness (QED) is 0.780. The molecule has 0 heterocycles. The highest BCUT2D eigenvalue weighted by atomic mass is 35.5. The van der Waals surface area contributed by atoms with E-state index in [1.807, 2.05) is 0 Å². The molecule has 88 valence electrons. The van der Waals surface area contributed by atoms with Crippen LogP contribution in [0, 0.1) is 5.41 Å². The lowest BCUT2D eigenvalue weighted by molar-refractivity contribution is -0.0236. The van der Waals surface area contributed by atoms with Gasteiger partial charge in [0.25, 0.3) is 0 Å². The van der Waals surface area contributed by atoms with Crippen molar-refractivity contribution in [3.8, 4) is 0 Å². The second-order valence-electron chi connectivity index (χ2n) is 5.51. The van der Waals surface area contributed by atoms with Crippen molar-refractivity contribution in [1.29, 1.82) is 0 Å². The van der Waals surface area contributed by atoms with Gasteiger partial charge in [0.1, 0.15) is 0 Å². The van der Waals surface area contributed by atoms with Crippen LogP contribution in [0.25, 0.3) is 0 Å².